The van der Waals surface area contributed by atoms with Crippen molar-refractivity contribution in [3.63, 3.8) is 0 Å². The van der Waals surface area contributed by atoms with E-state index in [9.17, 15) is 14.7 Å². The largest absolute Gasteiger partial charge is 0.507 e. The molecule has 0 radical (unpaired) electrons. The Morgan fingerprint density at radius 3 is 2.58 bits per heavy atom. The van der Waals surface area contributed by atoms with Crippen LogP contribution >= 0.6 is 11.6 Å². The van der Waals surface area contributed by atoms with Crippen LogP contribution in [-0.4, -0.2) is 38.8 Å². The number of benzene rings is 3. The number of H-pyrrole nitrogens is 1. The Morgan fingerprint density at radius 2 is 1.84 bits per heavy atom. The lowest BCUT2D eigenvalue weighted by Crippen LogP contribution is -2.30. The molecular weight excluding hydrogens is 498 g/mol. The van der Waals surface area contributed by atoms with Gasteiger partial charge in [-0.3, -0.25) is 9.59 Å². The molecule has 6 nitrogen and oxygen atoms in total. The van der Waals surface area contributed by atoms with Crippen molar-refractivity contribution >= 4 is 50.7 Å². The number of phenols is 1. The first-order chi connectivity index (χ1) is 18.4. The molecule has 0 saturated carbocycles. The number of fused-ring (bicyclic) bond motifs is 4. The summed E-state index contributed by atoms with van der Waals surface area (Å²) in [6, 6.07) is 18.9. The van der Waals surface area contributed by atoms with Crippen LogP contribution in [-0.2, 0) is 19.9 Å². The van der Waals surface area contributed by atoms with E-state index in [2.05, 4.69) is 11.9 Å². The lowest BCUT2D eigenvalue weighted by Gasteiger charge is -2.17. The second kappa shape index (κ2) is 9.37. The van der Waals surface area contributed by atoms with Crippen LogP contribution in [0.4, 0.5) is 5.69 Å². The molecule has 6 rings (SSSR count). The third-order valence-corrected chi connectivity index (χ3v) is 7.98. The van der Waals surface area contributed by atoms with Gasteiger partial charge in [0.1, 0.15) is 11.4 Å². The second-order valence-corrected chi connectivity index (χ2v) is 10.4. The number of ketones is 1. The summed E-state index contributed by atoms with van der Waals surface area (Å²) in [7, 11) is 1.90. The monoisotopic (exact) mass is 525 g/mol. The Hall–Kier alpha value is -4.03. The second-order valence-electron chi connectivity index (χ2n) is 10.0. The van der Waals surface area contributed by atoms with E-state index >= 15 is 0 Å². The maximum atomic E-state index is 13.7. The van der Waals surface area contributed by atoms with Gasteiger partial charge < -0.3 is 19.6 Å². The molecule has 7 heteroatoms. The van der Waals surface area contributed by atoms with Gasteiger partial charge in [-0.05, 0) is 52.8 Å². The first-order valence-corrected chi connectivity index (χ1v) is 13.3. The first kappa shape index (κ1) is 24.3. The Morgan fingerprint density at radius 1 is 1.05 bits per heavy atom. The number of nitrogens with zero attached hydrogens (tertiary/aromatic N) is 2. The van der Waals surface area contributed by atoms with Gasteiger partial charge in [-0.1, -0.05) is 37.3 Å². The fourth-order valence-electron chi connectivity index (χ4n) is 5.68. The topological polar surface area (TPSA) is 78.3 Å². The van der Waals surface area contributed by atoms with Crippen molar-refractivity contribution in [2.24, 2.45) is 7.05 Å². The summed E-state index contributed by atoms with van der Waals surface area (Å²) < 4.78 is 1.88. The summed E-state index contributed by atoms with van der Waals surface area (Å²) in [6.45, 7) is 2.51. The number of aromatic hydroxyl groups is 1. The third kappa shape index (κ3) is 3.96. The number of aromatic nitrogens is 2. The minimum Gasteiger partial charge on any atom is -0.507 e. The predicted octanol–water partition coefficient (Wildman–Crippen LogP) is 6.34. The van der Waals surface area contributed by atoms with Crippen LogP contribution in [0.1, 0.15) is 50.5 Å². The van der Waals surface area contributed by atoms with Crippen molar-refractivity contribution in [3.05, 3.63) is 94.9 Å². The zero-order valence-electron chi connectivity index (χ0n) is 21.3. The van der Waals surface area contributed by atoms with Gasteiger partial charge in [-0.25, -0.2) is 0 Å². The Kier molecular flexibility index (Phi) is 6.00. The molecule has 0 aliphatic carbocycles. The van der Waals surface area contributed by atoms with Crippen molar-refractivity contribution in [3.8, 4) is 5.75 Å². The molecule has 5 aromatic rings. The van der Waals surface area contributed by atoms with Gasteiger partial charge in [0.05, 0.1) is 11.4 Å². The lowest BCUT2D eigenvalue weighted by atomic mass is 9.95. The average Bonchev–Trinajstić information content (AvgIpc) is 3.62. The smallest absolute Gasteiger partial charge is 0.274 e. The van der Waals surface area contributed by atoms with E-state index in [0.29, 0.717) is 29.5 Å². The van der Waals surface area contributed by atoms with Gasteiger partial charge in [-0.2, -0.15) is 0 Å². The number of hydrogen-bond acceptors (Lipinski definition) is 3. The molecule has 38 heavy (non-hydrogen) atoms. The van der Waals surface area contributed by atoms with E-state index in [0.717, 1.165) is 44.8 Å². The molecular formula is C31H28ClN3O3. The quantitative estimate of drug-likeness (QED) is 0.201. The van der Waals surface area contributed by atoms with Gasteiger partial charge in [0, 0.05) is 60.4 Å². The number of phenolic OH excluding ortho intramolecular Hbond substituents is 1. The third-order valence-electron chi connectivity index (χ3n) is 7.61. The van der Waals surface area contributed by atoms with Crippen LogP contribution in [0.2, 0.25) is 0 Å². The molecule has 1 unspecified atom stereocenters. The number of Topliss-reactive ketones (excluding diaryl/α,β-unsaturated/α-hetero) is 1. The zero-order valence-corrected chi connectivity index (χ0v) is 22.0. The standard InChI is InChI=1S/C31H28ClN3O3/c1-3-18-11-26(34(2)16-18)29(37)12-19-8-9-24-20(10-19)13-25(33-24)31(38)35-17-21(15-32)30-23-7-5-4-6-22(23)28(36)14-27(30)35/h4-11,13-14,16,21,33,36H,3,12,15,17H2,1-2H3. The summed E-state index contributed by atoms with van der Waals surface area (Å²) in [5.41, 5.74) is 5.69. The number of halogens is 1. The SMILES string of the molecule is CCc1cc(C(=O)Cc2ccc3[nH]c(C(=O)N4CC(CCl)c5c4cc(O)c4ccccc54)cc3c2)n(C)c1. The average molecular weight is 526 g/mol. The molecule has 3 heterocycles. The minimum absolute atomic E-state index is 0.0335. The van der Waals surface area contributed by atoms with Gasteiger partial charge in [0.15, 0.2) is 5.78 Å². The Bertz CT molecular complexity index is 1730. The molecule has 192 valence electrons. The molecule has 2 aromatic heterocycles. The number of aromatic amines is 1. The molecule has 0 fully saturated rings. The molecule has 1 aliphatic rings. The van der Waals surface area contributed by atoms with E-state index in [1.54, 1.807) is 11.0 Å². The number of carbonyl (C=O) groups is 2. The van der Waals surface area contributed by atoms with Crippen molar-refractivity contribution in [2.45, 2.75) is 25.7 Å². The number of nitrogens with one attached hydrogen (secondary N) is 1. The zero-order chi connectivity index (χ0) is 26.6. The highest BCUT2D eigenvalue weighted by molar-refractivity contribution is 6.19. The number of aryl methyl sites for hydroxylation is 2. The normalized spacial score (nSPS) is 14.9. The molecule has 0 saturated heterocycles. The number of anilines is 1. The van der Waals surface area contributed by atoms with E-state index in [1.807, 2.05) is 72.4 Å². The fourth-order valence-corrected chi connectivity index (χ4v) is 5.93. The highest BCUT2D eigenvalue weighted by atomic mass is 35.5. The van der Waals surface area contributed by atoms with Crippen LogP contribution in [0, 0.1) is 0 Å². The van der Waals surface area contributed by atoms with Crippen LogP contribution in [0.25, 0.3) is 21.7 Å². The fraction of sp³-hybridized carbons (Fsp3) is 0.226. The van der Waals surface area contributed by atoms with E-state index in [1.165, 1.54) is 0 Å². The van der Waals surface area contributed by atoms with Crippen LogP contribution in [0.5, 0.6) is 5.75 Å². The van der Waals surface area contributed by atoms with Crippen molar-refractivity contribution < 1.29 is 14.7 Å². The number of amides is 1. The molecule has 0 spiro atoms. The van der Waals surface area contributed by atoms with Crippen LogP contribution < -0.4 is 4.90 Å². The maximum absolute atomic E-state index is 13.7. The van der Waals surface area contributed by atoms with Crippen molar-refractivity contribution in [1.29, 1.82) is 0 Å². The summed E-state index contributed by atoms with van der Waals surface area (Å²) in [5, 5.41) is 13.2. The summed E-state index contributed by atoms with van der Waals surface area (Å²) >= 11 is 6.34. The maximum Gasteiger partial charge on any atom is 0.274 e. The predicted molar refractivity (Wildman–Crippen MR) is 152 cm³/mol. The molecule has 2 N–H and O–H groups in total. The first-order valence-electron chi connectivity index (χ1n) is 12.8. The lowest BCUT2D eigenvalue weighted by molar-refractivity contribution is 0.0977. The molecule has 0 bridgehead atoms. The number of alkyl halides is 1. The van der Waals surface area contributed by atoms with E-state index in [4.69, 9.17) is 11.6 Å². The van der Waals surface area contributed by atoms with Gasteiger partial charge in [-0.15, -0.1) is 11.6 Å². The van der Waals surface area contributed by atoms with Gasteiger partial charge in [0.25, 0.3) is 5.91 Å². The number of carbonyl (C=O) groups excluding carboxylic acids is 2. The van der Waals surface area contributed by atoms with E-state index < -0.39 is 0 Å². The minimum atomic E-state index is -0.182. The number of rotatable bonds is 6. The summed E-state index contributed by atoms with van der Waals surface area (Å²) in [5.74, 6) is 0.359. The molecule has 1 amide bonds. The van der Waals surface area contributed by atoms with Crippen molar-refractivity contribution in [2.75, 3.05) is 17.3 Å². The molecule has 3 aromatic carbocycles. The molecule has 1 aliphatic heterocycles. The Balaban J connectivity index is 1.31. The number of hydrogen-bond donors (Lipinski definition) is 2. The van der Waals surface area contributed by atoms with Crippen LogP contribution in [0.3, 0.4) is 0 Å². The highest BCUT2D eigenvalue weighted by Crippen LogP contribution is 2.45. The highest BCUT2D eigenvalue weighted by Gasteiger charge is 2.35. The molecule has 1 atom stereocenters. The Labute approximate surface area is 225 Å². The van der Waals surface area contributed by atoms with Crippen LogP contribution in [0.15, 0.2) is 66.9 Å². The van der Waals surface area contributed by atoms with Gasteiger partial charge >= 0.3 is 0 Å². The summed E-state index contributed by atoms with van der Waals surface area (Å²) in [4.78, 5) is 31.6. The van der Waals surface area contributed by atoms with E-state index in [-0.39, 0.29) is 29.8 Å². The van der Waals surface area contributed by atoms with Gasteiger partial charge in [0.2, 0.25) is 0 Å². The van der Waals surface area contributed by atoms with Crippen molar-refractivity contribution in [1.82, 2.24) is 9.55 Å². The summed E-state index contributed by atoms with van der Waals surface area (Å²) in [6.07, 6.45) is 3.17.